The van der Waals surface area contributed by atoms with Crippen molar-refractivity contribution in [2.24, 2.45) is 0 Å². The van der Waals surface area contributed by atoms with E-state index in [1.165, 1.54) is 14.2 Å². The number of carbonyl (C=O) groups excluding carboxylic acids is 1. The number of methoxy groups -OCH3 is 2. The maximum Gasteiger partial charge on any atom is 0.255 e. The molecule has 0 saturated carbocycles. The molecule has 0 spiro atoms. The first-order valence-corrected chi connectivity index (χ1v) is 12.0. The summed E-state index contributed by atoms with van der Waals surface area (Å²) < 4.78 is 16.5. The molecule has 5 heterocycles. The summed E-state index contributed by atoms with van der Waals surface area (Å²) in [5, 5.41) is 13.1. The molecule has 2 saturated heterocycles. The van der Waals surface area contributed by atoms with Gasteiger partial charge in [-0.3, -0.25) is 9.69 Å². The van der Waals surface area contributed by atoms with Gasteiger partial charge in [0, 0.05) is 50.7 Å². The first-order valence-electron chi connectivity index (χ1n) is 12.0. The Morgan fingerprint density at radius 3 is 2.61 bits per heavy atom. The van der Waals surface area contributed by atoms with Crippen LogP contribution in [0.3, 0.4) is 0 Å². The Morgan fingerprint density at radius 1 is 1.17 bits per heavy atom. The predicted molar refractivity (Wildman–Crippen MR) is 133 cm³/mol. The van der Waals surface area contributed by atoms with Crippen molar-refractivity contribution in [2.75, 3.05) is 58.9 Å². The highest BCUT2D eigenvalue weighted by atomic mass is 16.5. The topological polar surface area (TPSA) is 129 Å². The number of nitriles is 1. The molecule has 36 heavy (non-hydrogen) atoms. The summed E-state index contributed by atoms with van der Waals surface area (Å²) in [5.74, 6) is 1.76. The first kappa shape index (κ1) is 23.8. The maximum absolute atomic E-state index is 13.2. The monoisotopic (exact) mass is 491 g/mol. The number of nitrogens with zero attached hydrogens (tertiary/aromatic N) is 5. The van der Waals surface area contributed by atoms with Crippen LogP contribution >= 0.6 is 0 Å². The minimum atomic E-state index is -0.0515. The highest BCUT2D eigenvalue weighted by molar-refractivity contribution is 5.95. The number of H-pyrrole nitrogens is 1. The Hall–Kier alpha value is -3.88. The fourth-order valence-electron chi connectivity index (χ4n) is 4.90. The number of carbonyl (C=O) groups is 1. The Balaban J connectivity index is 1.30. The number of morpholine rings is 1. The van der Waals surface area contributed by atoms with Crippen LogP contribution in [0, 0.1) is 11.3 Å². The smallest absolute Gasteiger partial charge is 0.255 e. The maximum atomic E-state index is 13.2. The van der Waals surface area contributed by atoms with Gasteiger partial charge in [-0.2, -0.15) is 5.26 Å². The normalized spacial score (nSPS) is 17.1. The van der Waals surface area contributed by atoms with Gasteiger partial charge >= 0.3 is 0 Å². The zero-order valence-corrected chi connectivity index (χ0v) is 20.4. The van der Waals surface area contributed by atoms with Crippen LogP contribution in [0.4, 0.5) is 11.6 Å². The lowest BCUT2D eigenvalue weighted by atomic mass is 10.0. The summed E-state index contributed by atoms with van der Waals surface area (Å²) in [4.78, 5) is 29.5. The van der Waals surface area contributed by atoms with Crippen molar-refractivity contribution in [3.63, 3.8) is 0 Å². The number of ether oxygens (including phenoxy) is 3. The van der Waals surface area contributed by atoms with Crippen molar-refractivity contribution in [1.82, 2.24) is 24.8 Å². The quantitative estimate of drug-likeness (QED) is 0.534. The van der Waals surface area contributed by atoms with E-state index >= 15 is 0 Å². The molecule has 5 rings (SSSR count). The summed E-state index contributed by atoms with van der Waals surface area (Å²) in [6, 6.07) is 6.02. The molecular formula is C25H29N7O4. The standard InChI is InChI=1S/C25H29N7O4/c1-34-19-12-21(30-24-22(19)17(13-26)15-28-24)29-23-20(35-2)11-16(14-27-23)25(33)32-5-3-18(4-6-32)31-7-9-36-10-8-31/h11-12,14-15,18H,3-10H2,1-2H3,(H2,27,28,29,30). The second kappa shape index (κ2) is 10.4. The molecule has 0 atom stereocenters. The fourth-order valence-corrected chi connectivity index (χ4v) is 4.90. The molecule has 0 unspecified atom stereocenters. The van der Waals surface area contributed by atoms with Crippen LogP contribution in [0.2, 0.25) is 0 Å². The zero-order chi connectivity index (χ0) is 25.1. The highest BCUT2D eigenvalue weighted by Gasteiger charge is 2.28. The van der Waals surface area contributed by atoms with Crippen molar-refractivity contribution in [3.8, 4) is 17.6 Å². The van der Waals surface area contributed by atoms with E-state index in [9.17, 15) is 10.1 Å². The number of aromatic nitrogens is 3. The summed E-state index contributed by atoms with van der Waals surface area (Å²) in [7, 11) is 3.07. The van der Waals surface area contributed by atoms with Gasteiger partial charge in [0.05, 0.1) is 43.9 Å². The lowest BCUT2D eigenvalue weighted by molar-refractivity contribution is 0.00158. The van der Waals surface area contributed by atoms with Crippen LogP contribution in [-0.4, -0.2) is 90.3 Å². The number of likely N-dealkylation sites (tertiary alicyclic amines) is 1. The largest absolute Gasteiger partial charge is 0.496 e. The Labute approximate surface area is 209 Å². The Bertz CT molecular complexity index is 1290. The first-order chi connectivity index (χ1) is 17.6. The SMILES string of the molecule is COc1cc(C(=O)N2CCC(N3CCOCC3)CC2)cnc1Nc1cc(OC)c2c(C#N)c[nH]c2n1. The van der Waals surface area contributed by atoms with Gasteiger partial charge in [-0.1, -0.05) is 0 Å². The second-order valence-corrected chi connectivity index (χ2v) is 8.82. The highest BCUT2D eigenvalue weighted by Crippen LogP contribution is 2.33. The molecule has 0 bridgehead atoms. The molecule has 2 N–H and O–H groups in total. The van der Waals surface area contributed by atoms with Crippen LogP contribution in [0.1, 0.15) is 28.8 Å². The number of piperidine rings is 1. The Kier molecular flexibility index (Phi) is 6.88. The van der Waals surface area contributed by atoms with E-state index in [0.29, 0.717) is 64.4 Å². The van der Waals surface area contributed by atoms with E-state index < -0.39 is 0 Å². The van der Waals surface area contributed by atoms with Crippen LogP contribution < -0.4 is 14.8 Å². The lowest BCUT2D eigenvalue weighted by Crippen LogP contribution is -2.50. The molecular weight excluding hydrogens is 462 g/mol. The molecule has 11 nitrogen and oxygen atoms in total. The fraction of sp³-hybridized carbons (Fsp3) is 0.440. The third kappa shape index (κ3) is 4.65. The summed E-state index contributed by atoms with van der Waals surface area (Å²) >= 11 is 0. The number of aromatic amines is 1. The van der Waals surface area contributed by atoms with Gasteiger partial charge in [0.25, 0.3) is 5.91 Å². The number of anilines is 2. The summed E-state index contributed by atoms with van der Waals surface area (Å²) in [6.07, 6.45) is 5.06. The molecule has 2 fully saturated rings. The molecule has 0 radical (unpaired) electrons. The van der Waals surface area contributed by atoms with Gasteiger partial charge < -0.3 is 29.4 Å². The number of hydrogen-bond donors (Lipinski definition) is 2. The summed E-state index contributed by atoms with van der Waals surface area (Å²) in [5.41, 5.74) is 1.44. The molecule has 3 aromatic rings. The van der Waals surface area contributed by atoms with E-state index in [-0.39, 0.29) is 5.91 Å². The van der Waals surface area contributed by atoms with Crippen LogP contribution in [-0.2, 0) is 4.74 Å². The Morgan fingerprint density at radius 2 is 1.92 bits per heavy atom. The van der Waals surface area contributed by atoms with Gasteiger partial charge in [-0.25, -0.2) is 9.97 Å². The number of hydrogen-bond acceptors (Lipinski definition) is 9. The molecule has 188 valence electrons. The minimum Gasteiger partial charge on any atom is -0.496 e. The third-order valence-electron chi connectivity index (χ3n) is 6.83. The van der Waals surface area contributed by atoms with E-state index in [2.05, 4.69) is 31.2 Å². The minimum absolute atomic E-state index is 0.0515. The summed E-state index contributed by atoms with van der Waals surface area (Å²) in [6.45, 7) is 4.93. The molecule has 1 amide bonds. The van der Waals surface area contributed by atoms with Crippen LogP contribution in [0.25, 0.3) is 11.0 Å². The molecule has 11 heteroatoms. The lowest BCUT2D eigenvalue weighted by Gasteiger charge is -2.40. The molecule has 3 aromatic heterocycles. The van der Waals surface area contributed by atoms with E-state index in [1.54, 1.807) is 24.5 Å². The second-order valence-electron chi connectivity index (χ2n) is 8.82. The van der Waals surface area contributed by atoms with E-state index in [0.717, 1.165) is 39.1 Å². The number of fused-ring (bicyclic) bond motifs is 1. The van der Waals surface area contributed by atoms with Gasteiger partial charge in [0.1, 0.15) is 23.3 Å². The van der Waals surface area contributed by atoms with E-state index in [1.807, 2.05) is 4.90 Å². The molecule has 2 aliphatic heterocycles. The average Bonchev–Trinajstić information content (AvgIpc) is 3.36. The van der Waals surface area contributed by atoms with Gasteiger partial charge in [0.2, 0.25) is 0 Å². The van der Waals surface area contributed by atoms with Gasteiger partial charge in [0.15, 0.2) is 11.6 Å². The number of amides is 1. The van der Waals surface area contributed by atoms with Crippen LogP contribution in [0.5, 0.6) is 11.5 Å². The number of nitrogens with one attached hydrogen (secondary N) is 2. The van der Waals surface area contributed by atoms with Crippen molar-refractivity contribution in [3.05, 3.63) is 35.7 Å². The third-order valence-corrected chi connectivity index (χ3v) is 6.83. The average molecular weight is 492 g/mol. The molecule has 2 aliphatic rings. The molecule has 0 aromatic carbocycles. The van der Waals surface area contributed by atoms with Crippen molar-refractivity contribution >= 4 is 28.6 Å². The molecule has 0 aliphatic carbocycles. The van der Waals surface area contributed by atoms with E-state index in [4.69, 9.17) is 14.2 Å². The van der Waals surface area contributed by atoms with Gasteiger partial charge in [-0.15, -0.1) is 0 Å². The van der Waals surface area contributed by atoms with Gasteiger partial charge in [-0.05, 0) is 18.9 Å². The predicted octanol–water partition coefficient (Wildman–Crippen LogP) is 2.53. The number of rotatable bonds is 6. The van der Waals surface area contributed by atoms with Crippen molar-refractivity contribution in [2.45, 2.75) is 18.9 Å². The van der Waals surface area contributed by atoms with Crippen molar-refractivity contribution < 1.29 is 19.0 Å². The van der Waals surface area contributed by atoms with Crippen LogP contribution in [0.15, 0.2) is 24.5 Å². The van der Waals surface area contributed by atoms with Crippen molar-refractivity contribution in [1.29, 1.82) is 5.26 Å². The number of pyridine rings is 2. The zero-order valence-electron chi connectivity index (χ0n) is 20.4.